The molecule has 0 radical (unpaired) electrons. The van der Waals surface area contributed by atoms with Crippen LogP contribution < -0.4 is 0 Å². The molecule has 3 heteroatoms. The van der Waals surface area contributed by atoms with E-state index in [0.717, 1.165) is 11.4 Å². The highest BCUT2D eigenvalue weighted by atomic mass is 35.5. The van der Waals surface area contributed by atoms with Crippen molar-refractivity contribution >= 4 is 11.6 Å². The molecule has 74 valence electrons. The minimum Gasteiger partial charge on any atom is -0.237 e. The highest BCUT2D eigenvalue weighted by Crippen LogP contribution is 2.44. The quantitative estimate of drug-likeness (QED) is 0.698. The summed E-state index contributed by atoms with van der Waals surface area (Å²) in [4.78, 5) is 9.02. The first-order chi connectivity index (χ1) is 6.75. The van der Waals surface area contributed by atoms with E-state index < -0.39 is 0 Å². The second kappa shape index (κ2) is 2.93. The summed E-state index contributed by atoms with van der Waals surface area (Å²) in [5.41, 5.74) is 2.31. The molecule has 0 amide bonds. The predicted molar refractivity (Wildman–Crippen MR) is 55.7 cm³/mol. The average Bonchev–Trinajstić information content (AvgIpc) is 3.04. The first-order valence-electron chi connectivity index (χ1n) is 5.29. The molecule has 2 nitrogen and oxygen atoms in total. The van der Waals surface area contributed by atoms with Gasteiger partial charge in [-0.05, 0) is 32.6 Å². The van der Waals surface area contributed by atoms with Crippen molar-refractivity contribution in [3.63, 3.8) is 0 Å². The second-order valence-corrected chi connectivity index (χ2v) is 4.79. The van der Waals surface area contributed by atoms with Crippen LogP contribution in [0.5, 0.6) is 0 Å². The Morgan fingerprint density at radius 1 is 1.07 bits per heavy atom. The van der Waals surface area contributed by atoms with Gasteiger partial charge in [0.05, 0.1) is 5.69 Å². The van der Waals surface area contributed by atoms with Crippen LogP contribution in [0.1, 0.15) is 54.6 Å². The van der Waals surface area contributed by atoms with Crippen LogP contribution in [0.15, 0.2) is 0 Å². The molecule has 1 aromatic rings. The minimum absolute atomic E-state index is 0.602. The SMILES string of the molecule is Cc1c(Cl)nc(C2CC2)nc1C1CC1. The smallest absolute Gasteiger partial charge is 0.135 e. The third-order valence-corrected chi connectivity index (χ3v) is 3.42. The molecule has 0 aliphatic heterocycles. The van der Waals surface area contributed by atoms with E-state index in [1.165, 1.54) is 31.4 Å². The van der Waals surface area contributed by atoms with E-state index in [4.69, 9.17) is 11.6 Å². The van der Waals surface area contributed by atoms with Crippen molar-refractivity contribution in [2.24, 2.45) is 0 Å². The summed E-state index contributed by atoms with van der Waals surface area (Å²) in [7, 11) is 0. The number of hydrogen-bond donors (Lipinski definition) is 0. The van der Waals surface area contributed by atoms with Crippen LogP contribution in [-0.2, 0) is 0 Å². The largest absolute Gasteiger partial charge is 0.237 e. The van der Waals surface area contributed by atoms with Crippen LogP contribution in [0.2, 0.25) is 5.15 Å². The lowest BCUT2D eigenvalue weighted by molar-refractivity contribution is 0.859. The molecule has 2 saturated carbocycles. The summed E-state index contributed by atoms with van der Waals surface area (Å²) in [6, 6.07) is 0. The molecule has 0 bridgehead atoms. The monoisotopic (exact) mass is 208 g/mol. The van der Waals surface area contributed by atoms with Crippen molar-refractivity contribution in [2.75, 3.05) is 0 Å². The van der Waals surface area contributed by atoms with Crippen molar-refractivity contribution < 1.29 is 0 Å². The Balaban J connectivity index is 2.06. The fraction of sp³-hybridized carbons (Fsp3) is 0.636. The van der Waals surface area contributed by atoms with Crippen molar-refractivity contribution in [1.29, 1.82) is 0 Å². The van der Waals surface area contributed by atoms with Gasteiger partial charge in [0, 0.05) is 17.4 Å². The van der Waals surface area contributed by atoms with E-state index in [2.05, 4.69) is 9.97 Å². The maximum absolute atomic E-state index is 6.11. The molecule has 0 saturated heterocycles. The molecule has 0 aromatic carbocycles. The van der Waals surface area contributed by atoms with E-state index in [1.807, 2.05) is 6.92 Å². The van der Waals surface area contributed by atoms with Gasteiger partial charge in [0.15, 0.2) is 0 Å². The van der Waals surface area contributed by atoms with Crippen molar-refractivity contribution in [2.45, 2.75) is 44.4 Å². The molecule has 1 heterocycles. The fourth-order valence-corrected chi connectivity index (χ4v) is 1.98. The van der Waals surface area contributed by atoms with E-state index in [-0.39, 0.29) is 0 Å². The molecule has 2 fully saturated rings. The molecule has 14 heavy (non-hydrogen) atoms. The molecule has 0 spiro atoms. The molecular formula is C11H13ClN2. The lowest BCUT2D eigenvalue weighted by Gasteiger charge is -2.07. The van der Waals surface area contributed by atoms with Crippen LogP contribution in [-0.4, -0.2) is 9.97 Å². The molecule has 0 unspecified atom stereocenters. The summed E-state index contributed by atoms with van der Waals surface area (Å²) in [5, 5.41) is 0.670. The minimum atomic E-state index is 0.602. The maximum Gasteiger partial charge on any atom is 0.135 e. The molecule has 3 rings (SSSR count). The van der Waals surface area contributed by atoms with Gasteiger partial charge < -0.3 is 0 Å². The van der Waals surface area contributed by atoms with Gasteiger partial charge in [-0.1, -0.05) is 11.6 Å². The Labute approximate surface area is 88.7 Å². The zero-order chi connectivity index (χ0) is 9.71. The van der Waals surface area contributed by atoms with Crippen LogP contribution in [0, 0.1) is 6.92 Å². The van der Waals surface area contributed by atoms with Gasteiger partial charge in [-0.3, -0.25) is 0 Å². The Kier molecular flexibility index (Phi) is 1.81. The Morgan fingerprint density at radius 3 is 2.29 bits per heavy atom. The topological polar surface area (TPSA) is 25.8 Å². The van der Waals surface area contributed by atoms with Gasteiger partial charge in [-0.25, -0.2) is 9.97 Å². The lowest BCUT2D eigenvalue weighted by atomic mass is 10.2. The van der Waals surface area contributed by atoms with Gasteiger partial charge in [0.1, 0.15) is 11.0 Å². The standard InChI is InChI=1S/C11H13ClN2/c1-6-9(7-2-3-7)13-11(8-4-5-8)14-10(6)12/h7-8H,2-5H2,1H3. The van der Waals surface area contributed by atoms with Gasteiger partial charge in [-0.15, -0.1) is 0 Å². The molecule has 2 aliphatic rings. The summed E-state index contributed by atoms with van der Waals surface area (Å²) in [5.74, 6) is 2.26. The number of aromatic nitrogens is 2. The Hall–Kier alpha value is -0.630. The molecule has 2 aliphatic carbocycles. The Morgan fingerprint density at radius 2 is 1.71 bits per heavy atom. The van der Waals surface area contributed by atoms with Crippen molar-refractivity contribution in [1.82, 2.24) is 9.97 Å². The fourth-order valence-electron chi connectivity index (χ4n) is 1.80. The predicted octanol–water partition coefficient (Wildman–Crippen LogP) is 3.19. The van der Waals surface area contributed by atoms with Crippen molar-refractivity contribution in [3.8, 4) is 0 Å². The van der Waals surface area contributed by atoms with Crippen LogP contribution >= 0.6 is 11.6 Å². The van der Waals surface area contributed by atoms with Gasteiger partial charge in [0.25, 0.3) is 0 Å². The molecular weight excluding hydrogens is 196 g/mol. The number of halogens is 1. The van der Waals surface area contributed by atoms with E-state index in [1.54, 1.807) is 0 Å². The third-order valence-electron chi connectivity index (χ3n) is 3.05. The number of hydrogen-bond acceptors (Lipinski definition) is 2. The number of rotatable bonds is 2. The summed E-state index contributed by atoms with van der Waals surface area (Å²) < 4.78 is 0. The summed E-state index contributed by atoms with van der Waals surface area (Å²) in [6.07, 6.45) is 5.03. The van der Waals surface area contributed by atoms with Crippen LogP contribution in [0.4, 0.5) is 0 Å². The van der Waals surface area contributed by atoms with Gasteiger partial charge in [-0.2, -0.15) is 0 Å². The third kappa shape index (κ3) is 1.42. The zero-order valence-electron chi connectivity index (χ0n) is 8.26. The van der Waals surface area contributed by atoms with Crippen LogP contribution in [0.3, 0.4) is 0 Å². The molecule has 0 N–H and O–H groups in total. The molecule has 0 atom stereocenters. The van der Waals surface area contributed by atoms with E-state index >= 15 is 0 Å². The first kappa shape index (κ1) is 8.66. The summed E-state index contributed by atoms with van der Waals surface area (Å²) in [6.45, 7) is 2.03. The average molecular weight is 209 g/mol. The van der Waals surface area contributed by atoms with E-state index in [0.29, 0.717) is 17.0 Å². The van der Waals surface area contributed by atoms with E-state index in [9.17, 15) is 0 Å². The van der Waals surface area contributed by atoms with Crippen LogP contribution in [0.25, 0.3) is 0 Å². The number of nitrogens with zero attached hydrogens (tertiary/aromatic N) is 2. The maximum atomic E-state index is 6.11. The Bertz CT molecular complexity index is 381. The first-order valence-corrected chi connectivity index (χ1v) is 5.67. The molecule has 1 aromatic heterocycles. The highest BCUT2D eigenvalue weighted by Gasteiger charge is 2.32. The van der Waals surface area contributed by atoms with Gasteiger partial charge in [0.2, 0.25) is 0 Å². The zero-order valence-corrected chi connectivity index (χ0v) is 9.01. The summed E-state index contributed by atoms with van der Waals surface area (Å²) >= 11 is 6.11. The normalized spacial score (nSPS) is 21.3. The lowest BCUT2D eigenvalue weighted by Crippen LogP contribution is -2.01. The van der Waals surface area contributed by atoms with Crippen molar-refractivity contribution in [3.05, 3.63) is 22.2 Å². The van der Waals surface area contributed by atoms with Gasteiger partial charge >= 0.3 is 0 Å². The second-order valence-electron chi connectivity index (χ2n) is 4.43. The highest BCUT2D eigenvalue weighted by molar-refractivity contribution is 6.30.